The van der Waals surface area contributed by atoms with Crippen LogP contribution in [0, 0.1) is 6.92 Å². The summed E-state index contributed by atoms with van der Waals surface area (Å²) in [4.78, 5) is 9.58. The zero-order valence-electron chi connectivity index (χ0n) is 8.06. The van der Waals surface area contributed by atoms with E-state index in [1.54, 1.807) is 5.06 Å². The van der Waals surface area contributed by atoms with Gasteiger partial charge in [-0.1, -0.05) is 0 Å². The molecule has 0 fully saturated rings. The van der Waals surface area contributed by atoms with Crippen LogP contribution in [0.15, 0.2) is 12.4 Å². The molecule has 0 aliphatic carbocycles. The molecular formula is C9H10N4O. The molecule has 0 saturated heterocycles. The van der Waals surface area contributed by atoms with E-state index >= 15 is 0 Å². The van der Waals surface area contributed by atoms with Gasteiger partial charge in [-0.2, -0.15) is 10.1 Å². The molecule has 0 aromatic carbocycles. The Balaban J connectivity index is 2.41. The molecule has 1 aliphatic rings. The van der Waals surface area contributed by atoms with Gasteiger partial charge in [-0.15, -0.1) is 5.06 Å². The summed E-state index contributed by atoms with van der Waals surface area (Å²) in [5.74, 6) is 0.636. The van der Waals surface area contributed by atoms with Crippen LogP contribution < -0.4 is 4.84 Å². The van der Waals surface area contributed by atoms with Crippen LogP contribution in [0.1, 0.15) is 11.3 Å². The third kappa shape index (κ3) is 0.871. The molecule has 0 N–H and O–H groups in total. The molecule has 72 valence electrons. The second kappa shape index (κ2) is 2.45. The van der Waals surface area contributed by atoms with Crippen LogP contribution in [0.5, 0.6) is 5.88 Å². The van der Waals surface area contributed by atoms with E-state index in [1.165, 1.54) is 11.9 Å². The van der Waals surface area contributed by atoms with Crippen LogP contribution in [-0.2, 0) is 6.54 Å². The highest BCUT2D eigenvalue weighted by molar-refractivity contribution is 5.64. The lowest BCUT2D eigenvalue weighted by molar-refractivity contribution is -0.0486. The Hall–Kier alpha value is -1.62. The van der Waals surface area contributed by atoms with Gasteiger partial charge in [-0.25, -0.2) is 4.52 Å². The van der Waals surface area contributed by atoms with Gasteiger partial charge in [-0.05, 0) is 13.0 Å². The van der Waals surface area contributed by atoms with E-state index in [9.17, 15) is 0 Å². The van der Waals surface area contributed by atoms with Crippen LogP contribution >= 0.6 is 0 Å². The van der Waals surface area contributed by atoms with Gasteiger partial charge in [0.2, 0.25) is 0 Å². The smallest absolute Gasteiger partial charge is 0.265 e. The summed E-state index contributed by atoms with van der Waals surface area (Å²) in [5, 5.41) is 5.94. The van der Waals surface area contributed by atoms with Gasteiger partial charge in [0.05, 0.1) is 6.54 Å². The van der Waals surface area contributed by atoms with Crippen LogP contribution in [0.4, 0.5) is 0 Å². The van der Waals surface area contributed by atoms with Gasteiger partial charge in [-0.3, -0.25) is 0 Å². The lowest BCUT2D eigenvalue weighted by atomic mass is 10.2. The zero-order valence-corrected chi connectivity index (χ0v) is 8.06. The molecule has 0 bridgehead atoms. The third-order valence-electron chi connectivity index (χ3n) is 2.41. The monoisotopic (exact) mass is 190 g/mol. The van der Waals surface area contributed by atoms with Crippen molar-refractivity contribution in [2.75, 3.05) is 7.05 Å². The Morgan fingerprint density at radius 2 is 2.36 bits per heavy atom. The predicted molar refractivity (Wildman–Crippen MR) is 49.8 cm³/mol. The minimum absolute atomic E-state index is 0.636. The van der Waals surface area contributed by atoms with Crippen LogP contribution in [0.2, 0.25) is 0 Å². The fraction of sp³-hybridized carbons (Fsp3) is 0.333. The van der Waals surface area contributed by atoms with Crippen molar-refractivity contribution in [3.8, 4) is 5.88 Å². The summed E-state index contributed by atoms with van der Waals surface area (Å²) in [5.41, 5.74) is 3.31. The van der Waals surface area contributed by atoms with E-state index in [4.69, 9.17) is 4.84 Å². The first kappa shape index (κ1) is 7.75. The first-order valence-corrected chi connectivity index (χ1v) is 4.47. The van der Waals surface area contributed by atoms with Crippen molar-refractivity contribution in [1.29, 1.82) is 0 Å². The molecule has 5 heteroatoms. The second-order valence-corrected chi connectivity index (χ2v) is 3.51. The Bertz CT molecular complexity index is 505. The van der Waals surface area contributed by atoms with E-state index in [1.807, 2.05) is 18.5 Å². The first-order chi connectivity index (χ1) is 6.75. The van der Waals surface area contributed by atoms with E-state index < -0.39 is 0 Å². The maximum Gasteiger partial charge on any atom is 0.265 e. The molecule has 3 rings (SSSR count). The predicted octanol–water partition coefficient (Wildman–Crippen LogP) is 0.777. The van der Waals surface area contributed by atoms with Gasteiger partial charge in [0.25, 0.3) is 5.88 Å². The summed E-state index contributed by atoms with van der Waals surface area (Å²) in [6, 6.07) is 2.12. The fourth-order valence-electron chi connectivity index (χ4n) is 1.87. The Labute approximate surface area is 80.9 Å². The van der Waals surface area contributed by atoms with Crippen molar-refractivity contribution in [3.63, 3.8) is 0 Å². The normalized spacial score (nSPS) is 15.9. The quantitative estimate of drug-likeness (QED) is 0.615. The average Bonchev–Trinajstić information content (AvgIpc) is 2.45. The molecule has 0 atom stereocenters. The van der Waals surface area contributed by atoms with Crippen LogP contribution in [0.3, 0.4) is 0 Å². The number of hydrogen-bond acceptors (Lipinski definition) is 4. The molecule has 0 spiro atoms. The number of rotatable bonds is 0. The molecule has 14 heavy (non-hydrogen) atoms. The van der Waals surface area contributed by atoms with Gasteiger partial charge in [0.15, 0.2) is 0 Å². The maximum atomic E-state index is 5.48. The Morgan fingerprint density at radius 1 is 1.50 bits per heavy atom. The Morgan fingerprint density at radius 3 is 3.21 bits per heavy atom. The van der Waals surface area contributed by atoms with Crippen molar-refractivity contribution >= 4 is 5.52 Å². The molecule has 2 aromatic rings. The molecule has 0 unspecified atom stereocenters. The molecule has 2 aromatic heterocycles. The molecule has 0 amide bonds. The molecular weight excluding hydrogens is 180 g/mol. The van der Waals surface area contributed by atoms with E-state index in [2.05, 4.69) is 16.1 Å². The summed E-state index contributed by atoms with van der Waals surface area (Å²) in [6.45, 7) is 2.80. The van der Waals surface area contributed by atoms with Crippen molar-refractivity contribution in [1.82, 2.24) is 19.7 Å². The Kier molecular flexibility index (Phi) is 1.36. The molecule has 5 nitrogen and oxygen atoms in total. The number of aromatic nitrogens is 3. The van der Waals surface area contributed by atoms with Crippen molar-refractivity contribution in [2.24, 2.45) is 0 Å². The highest BCUT2D eigenvalue weighted by atomic mass is 16.7. The van der Waals surface area contributed by atoms with E-state index in [-0.39, 0.29) is 0 Å². The molecule has 0 radical (unpaired) electrons. The summed E-state index contributed by atoms with van der Waals surface area (Å²) >= 11 is 0. The number of nitrogens with zero attached hydrogens (tertiary/aromatic N) is 4. The van der Waals surface area contributed by atoms with Crippen molar-refractivity contribution < 1.29 is 4.84 Å². The first-order valence-electron chi connectivity index (χ1n) is 4.47. The van der Waals surface area contributed by atoms with Gasteiger partial charge in [0, 0.05) is 18.3 Å². The van der Waals surface area contributed by atoms with Gasteiger partial charge < -0.3 is 4.84 Å². The number of aryl methyl sites for hydroxylation is 1. The van der Waals surface area contributed by atoms with E-state index in [0.29, 0.717) is 5.88 Å². The number of hydrogen-bond donors (Lipinski definition) is 0. The van der Waals surface area contributed by atoms with Gasteiger partial charge in [0.1, 0.15) is 11.8 Å². The highest BCUT2D eigenvalue weighted by Gasteiger charge is 2.21. The number of hydroxylamine groups is 2. The molecule has 0 saturated carbocycles. The highest BCUT2D eigenvalue weighted by Crippen LogP contribution is 2.28. The minimum Gasteiger partial charge on any atom is -0.383 e. The van der Waals surface area contributed by atoms with Crippen LogP contribution in [0.25, 0.3) is 5.52 Å². The summed E-state index contributed by atoms with van der Waals surface area (Å²) < 4.78 is 1.87. The fourth-order valence-corrected chi connectivity index (χ4v) is 1.87. The van der Waals surface area contributed by atoms with Crippen LogP contribution in [-0.4, -0.2) is 26.7 Å². The SMILES string of the molecule is Cc1cc2c3c(ncnn13)ON(C)C2. The third-order valence-corrected chi connectivity index (χ3v) is 2.41. The average molecular weight is 190 g/mol. The standard InChI is InChI=1S/C9H10N4O/c1-6-3-7-4-12(2)14-9-8(7)13(6)11-5-10-9/h3,5H,4H2,1-2H3. The second-order valence-electron chi connectivity index (χ2n) is 3.51. The molecule has 3 heterocycles. The molecule has 1 aliphatic heterocycles. The maximum absolute atomic E-state index is 5.48. The lowest BCUT2D eigenvalue weighted by Crippen LogP contribution is -2.26. The zero-order chi connectivity index (χ0) is 9.71. The largest absolute Gasteiger partial charge is 0.383 e. The minimum atomic E-state index is 0.636. The summed E-state index contributed by atoms with van der Waals surface area (Å²) in [7, 11) is 1.89. The lowest BCUT2D eigenvalue weighted by Gasteiger charge is -2.21. The van der Waals surface area contributed by atoms with Crippen molar-refractivity contribution in [2.45, 2.75) is 13.5 Å². The summed E-state index contributed by atoms with van der Waals surface area (Å²) in [6.07, 6.45) is 1.51. The topological polar surface area (TPSA) is 42.7 Å². The van der Waals surface area contributed by atoms with Crippen molar-refractivity contribution in [3.05, 3.63) is 23.7 Å². The van der Waals surface area contributed by atoms with Gasteiger partial charge >= 0.3 is 0 Å². The van der Waals surface area contributed by atoms with E-state index in [0.717, 1.165) is 17.8 Å².